The summed E-state index contributed by atoms with van der Waals surface area (Å²) in [6, 6.07) is 10.5. The Bertz CT molecular complexity index is 1230. The maximum absolute atomic E-state index is 12.4. The first-order valence-corrected chi connectivity index (χ1v) is 10.5. The van der Waals surface area contributed by atoms with Gasteiger partial charge in [-0.2, -0.15) is 0 Å². The quantitative estimate of drug-likeness (QED) is 0.405. The molecule has 4 N–H and O–H groups in total. The van der Waals surface area contributed by atoms with Crippen molar-refractivity contribution in [2.45, 2.75) is 39.2 Å². The molecule has 31 heavy (non-hydrogen) atoms. The van der Waals surface area contributed by atoms with Gasteiger partial charge in [-0.1, -0.05) is 25.5 Å². The van der Waals surface area contributed by atoms with Crippen molar-refractivity contribution in [1.82, 2.24) is 24.8 Å². The highest BCUT2D eigenvalue weighted by molar-refractivity contribution is 6.04. The molecule has 0 unspecified atom stereocenters. The normalized spacial score (nSPS) is 11.3. The first-order valence-electron chi connectivity index (χ1n) is 10.5. The second kappa shape index (κ2) is 8.99. The van der Waals surface area contributed by atoms with Crippen LogP contribution in [0.1, 0.15) is 31.2 Å². The predicted molar refractivity (Wildman–Crippen MR) is 121 cm³/mol. The summed E-state index contributed by atoms with van der Waals surface area (Å²) in [4.78, 5) is 26.1. The second-order valence-corrected chi connectivity index (χ2v) is 7.55. The van der Waals surface area contributed by atoms with Gasteiger partial charge in [0.25, 0.3) is 0 Å². The lowest BCUT2D eigenvalue weighted by molar-refractivity contribution is -0.120. The number of fused-ring (bicyclic) bond motifs is 3. The zero-order chi connectivity index (χ0) is 21.8. The molecule has 0 aliphatic carbocycles. The molecule has 3 heterocycles. The van der Waals surface area contributed by atoms with Crippen LogP contribution in [0.3, 0.4) is 0 Å². The zero-order valence-electron chi connectivity index (χ0n) is 17.5. The maximum Gasteiger partial charge on any atom is 0.224 e. The number of aryl methyl sites for hydroxylation is 1. The van der Waals surface area contributed by atoms with E-state index in [0.29, 0.717) is 24.4 Å². The van der Waals surface area contributed by atoms with Crippen molar-refractivity contribution in [2.75, 3.05) is 12.3 Å². The van der Waals surface area contributed by atoms with Gasteiger partial charge in [-0.3, -0.25) is 9.78 Å². The molecular formula is C23H26N6O2. The number of benzene rings is 1. The number of nitrogen functional groups attached to an aromatic ring is 1. The number of anilines is 1. The molecule has 0 bridgehead atoms. The SMILES string of the molecule is CCCCc1nc2c(N)nc3cccnc3c2n1CCNC(=O)Cc1cccc(O)c1. The Morgan fingerprint density at radius 1 is 1.19 bits per heavy atom. The van der Waals surface area contributed by atoms with Gasteiger partial charge in [0.15, 0.2) is 5.82 Å². The number of carbonyl (C=O) groups is 1. The fourth-order valence-corrected chi connectivity index (χ4v) is 3.76. The third-order valence-electron chi connectivity index (χ3n) is 5.23. The van der Waals surface area contributed by atoms with Gasteiger partial charge in [-0.05, 0) is 36.2 Å². The lowest BCUT2D eigenvalue weighted by atomic mass is 10.1. The van der Waals surface area contributed by atoms with E-state index in [2.05, 4.69) is 26.8 Å². The number of nitrogens with two attached hydrogens (primary N) is 1. The largest absolute Gasteiger partial charge is 0.508 e. The monoisotopic (exact) mass is 418 g/mol. The zero-order valence-corrected chi connectivity index (χ0v) is 17.5. The van der Waals surface area contributed by atoms with Crippen LogP contribution < -0.4 is 11.1 Å². The van der Waals surface area contributed by atoms with E-state index in [0.717, 1.165) is 47.2 Å². The van der Waals surface area contributed by atoms with Gasteiger partial charge in [0, 0.05) is 25.7 Å². The maximum atomic E-state index is 12.4. The third-order valence-corrected chi connectivity index (χ3v) is 5.23. The number of phenolic OH excluding ortho intramolecular Hbond substituents is 1. The molecule has 160 valence electrons. The molecule has 4 rings (SSSR count). The van der Waals surface area contributed by atoms with E-state index >= 15 is 0 Å². The number of aromatic hydroxyl groups is 1. The van der Waals surface area contributed by atoms with Gasteiger partial charge in [-0.15, -0.1) is 0 Å². The van der Waals surface area contributed by atoms with Crippen molar-refractivity contribution >= 4 is 33.8 Å². The average molecular weight is 419 g/mol. The molecule has 0 saturated heterocycles. The minimum absolute atomic E-state index is 0.103. The van der Waals surface area contributed by atoms with E-state index < -0.39 is 0 Å². The van der Waals surface area contributed by atoms with Gasteiger partial charge < -0.3 is 20.7 Å². The fraction of sp³-hybridized carbons (Fsp3) is 0.304. The Labute approximate surface area is 180 Å². The number of hydrogen-bond acceptors (Lipinski definition) is 6. The Morgan fingerprint density at radius 3 is 2.87 bits per heavy atom. The lowest BCUT2D eigenvalue weighted by Crippen LogP contribution is -2.29. The number of nitrogens with zero attached hydrogens (tertiary/aromatic N) is 4. The summed E-state index contributed by atoms with van der Waals surface area (Å²) >= 11 is 0. The summed E-state index contributed by atoms with van der Waals surface area (Å²) in [5.74, 6) is 1.36. The molecule has 8 nitrogen and oxygen atoms in total. The fourth-order valence-electron chi connectivity index (χ4n) is 3.76. The summed E-state index contributed by atoms with van der Waals surface area (Å²) in [5.41, 5.74) is 9.97. The van der Waals surface area contributed by atoms with Crippen LogP contribution in [0.4, 0.5) is 5.82 Å². The summed E-state index contributed by atoms with van der Waals surface area (Å²) in [7, 11) is 0. The molecule has 0 aliphatic heterocycles. The molecular weight excluding hydrogens is 392 g/mol. The molecule has 4 aromatic rings. The molecule has 0 fully saturated rings. The lowest BCUT2D eigenvalue weighted by Gasteiger charge is -2.11. The summed E-state index contributed by atoms with van der Waals surface area (Å²) < 4.78 is 2.10. The van der Waals surface area contributed by atoms with E-state index in [1.54, 1.807) is 24.4 Å². The molecule has 0 saturated carbocycles. The Hall–Kier alpha value is -3.68. The van der Waals surface area contributed by atoms with Crippen LogP contribution in [0, 0.1) is 0 Å². The van der Waals surface area contributed by atoms with Crippen molar-refractivity contribution in [1.29, 1.82) is 0 Å². The van der Waals surface area contributed by atoms with Crippen molar-refractivity contribution in [3.8, 4) is 5.75 Å². The van der Waals surface area contributed by atoms with Crippen molar-refractivity contribution in [3.05, 3.63) is 54.0 Å². The standard InChI is InChI=1S/C23H26N6O2/c1-2-3-9-18-28-21-22(20-17(27-23(21)24)8-5-10-26-20)29(18)12-11-25-19(31)14-15-6-4-7-16(30)13-15/h4-8,10,13,30H,2-3,9,11-12,14H2,1H3,(H2,24,27)(H,25,31). The van der Waals surface area contributed by atoms with Gasteiger partial charge in [-0.25, -0.2) is 9.97 Å². The van der Waals surface area contributed by atoms with E-state index in [4.69, 9.17) is 10.7 Å². The summed E-state index contributed by atoms with van der Waals surface area (Å²) in [6.45, 7) is 3.14. The Morgan fingerprint density at radius 2 is 2.06 bits per heavy atom. The van der Waals surface area contributed by atoms with Gasteiger partial charge in [0.2, 0.25) is 5.91 Å². The Kier molecular flexibility index (Phi) is 5.97. The van der Waals surface area contributed by atoms with E-state index in [-0.39, 0.29) is 18.1 Å². The number of amides is 1. The third kappa shape index (κ3) is 4.42. The first-order chi connectivity index (χ1) is 15.1. The summed E-state index contributed by atoms with van der Waals surface area (Å²) in [5, 5.41) is 12.5. The van der Waals surface area contributed by atoms with Gasteiger partial charge in [0.05, 0.1) is 11.9 Å². The van der Waals surface area contributed by atoms with Gasteiger partial charge >= 0.3 is 0 Å². The van der Waals surface area contributed by atoms with E-state index in [1.165, 1.54) is 0 Å². The highest BCUT2D eigenvalue weighted by atomic mass is 16.3. The minimum atomic E-state index is -0.103. The molecule has 0 spiro atoms. The van der Waals surface area contributed by atoms with Crippen LogP contribution in [-0.4, -0.2) is 37.1 Å². The van der Waals surface area contributed by atoms with Gasteiger partial charge in [0.1, 0.15) is 28.1 Å². The predicted octanol–water partition coefficient (Wildman–Crippen LogP) is 2.97. The van der Waals surface area contributed by atoms with E-state index in [1.807, 2.05) is 18.2 Å². The van der Waals surface area contributed by atoms with Crippen LogP contribution in [0.5, 0.6) is 5.75 Å². The molecule has 8 heteroatoms. The number of hydrogen-bond donors (Lipinski definition) is 3. The van der Waals surface area contributed by atoms with Crippen LogP contribution in [-0.2, 0) is 24.2 Å². The molecule has 3 aromatic heterocycles. The average Bonchev–Trinajstić information content (AvgIpc) is 3.12. The number of carbonyl (C=O) groups excluding carboxylic acids is 1. The number of rotatable bonds is 8. The van der Waals surface area contributed by atoms with E-state index in [9.17, 15) is 9.90 Å². The Balaban J connectivity index is 1.58. The highest BCUT2D eigenvalue weighted by Gasteiger charge is 2.18. The van der Waals surface area contributed by atoms with Crippen molar-refractivity contribution in [2.24, 2.45) is 0 Å². The molecule has 0 atom stereocenters. The van der Waals surface area contributed by atoms with Crippen LogP contribution in [0.25, 0.3) is 22.1 Å². The highest BCUT2D eigenvalue weighted by Crippen LogP contribution is 2.27. The number of nitrogens with one attached hydrogen (secondary N) is 1. The molecule has 0 aliphatic rings. The van der Waals surface area contributed by atoms with Crippen LogP contribution >= 0.6 is 0 Å². The number of imidazole rings is 1. The van der Waals surface area contributed by atoms with Crippen LogP contribution in [0.15, 0.2) is 42.6 Å². The smallest absolute Gasteiger partial charge is 0.224 e. The number of aromatic nitrogens is 4. The minimum Gasteiger partial charge on any atom is -0.508 e. The number of phenols is 1. The van der Waals surface area contributed by atoms with Crippen LogP contribution in [0.2, 0.25) is 0 Å². The summed E-state index contributed by atoms with van der Waals surface area (Å²) in [6.07, 6.45) is 4.82. The number of unbranched alkanes of at least 4 members (excludes halogenated alkanes) is 1. The molecule has 0 radical (unpaired) electrons. The van der Waals surface area contributed by atoms with Crippen molar-refractivity contribution < 1.29 is 9.90 Å². The molecule has 1 amide bonds. The number of pyridine rings is 2. The topological polar surface area (TPSA) is 119 Å². The second-order valence-electron chi connectivity index (χ2n) is 7.55. The van der Waals surface area contributed by atoms with Crippen molar-refractivity contribution in [3.63, 3.8) is 0 Å². The molecule has 1 aromatic carbocycles. The first kappa shape index (κ1) is 20.6.